The van der Waals surface area contributed by atoms with Crippen LogP contribution in [0, 0.1) is 17.8 Å². The van der Waals surface area contributed by atoms with Crippen molar-refractivity contribution in [2.75, 3.05) is 30.3 Å². The van der Waals surface area contributed by atoms with Gasteiger partial charge < -0.3 is 20.1 Å². The lowest BCUT2D eigenvalue weighted by Gasteiger charge is -2.40. The van der Waals surface area contributed by atoms with E-state index in [0.717, 1.165) is 73.8 Å². The maximum atomic E-state index is 12.0. The highest BCUT2D eigenvalue weighted by atomic mass is 35.5. The van der Waals surface area contributed by atoms with Crippen molar-refractivity contribution in [2.45, 2.75) is 58.8 Å². The summed E-state index contributed by atoms with van der Waals surface area (Å²) in [4.78, 5) is 24.7. The number of halogens is 1. The average molecular weight is 586 g/mol. The Hall–Kier alpha value is -2.64. The molecule has 0 aliphatic heterocycles. The number of anilines is 1. The Bertz CT molecular complexity index is 1110. The van der Waals surface area contributed by atoms with Gasteiger partial charge in [-0.25, -0.2) is 0 Å². The van der Waals surface area contributed by atoms with Crippen LogP contribution in [0.2, 0.25) is 5.02 Å². The van der Waals surface area contributed by atoms with Crippen LogP contribution in [0.4, 0.5) is 5.69 Å². The zero-order valence-corrected chi connectivity index (χ0v) is 25.4. The van der Waals surface area contributed by atoms with E-state index < -0.39 is 5.91 Å². The fourth-order valence-corrected chi connectivity index (χ4v) is 5.90. The summed E-state index contributed by atoms with van der Waals surface area (Å²) in [5.41, 5.74) is 8.32. The van der Waals surface area contributed by atoms with Crippen molar-refractivity contribution in [3.8, 4) is 5.75 Å². The zero-order chi connectivity index (χ0) is 28.7. The molecule has 2 aromatic rings. The molecule has 0 radical (unpaired) electrons. The van der Waals surface area contributed by atoms with Crippen LogP contribution in [0.3, 0.4) is 0 Å². The number of carbonyl (C=O) groups excluding carboxylic acids is 2. The summed E-state index contributed by atoms with van der Waals surface area (Å²) >= 11 is 7.56. The molecule has 2 aromatic carbocycles. The number of primary amides is 1. The molecule has 0 bridgehead atoms. The summed E-state index contributed by atoms with van der Waals surface area (Å²) in [5, 5.41) is 0.770. The van der Waals surface area contributed by atoms with Gasteiger partial charge in [0.25, 0.3) is 0 Å². The first-order valence-electron chi connectivity index (χ1n) is 14.4. The van der Waals surface area contributed by atoms with Crippen LogP contribution in [-0.2, 0) is 11.2 Å². The first-order chi connectivity index (χ1) is 19.4. The van der Waals surface area contributed by atoms with E-state index in [1.54, 1.807) is 6.07 Å². The number of ether oxygens (including phenoxy) is 1. The SMILES string of the molecule is CCN(C[C@@H]1CC[C@H]1C/C=C/C[C@H](C)CSNC=O)c1cc(C(N)=O)ccc1OCCCCc1cccc(Cl)c1. The molecule has 218 valence electrons. The van der Waals surface area contributed by atoms with Crippen LogP contribution in [0.25, 0.3) is 0 Å². The molecule has 8 heteroatoms. The van der Waals surface area contributed by atoms with Crippen LogP contribution in [0.15, 0.2) is 54.6 Å². The van der Waals surface area contributed by atoms with Gasteiger partial charge in [-0.05, 0) is 106 Å². The van der Waals surface area contributed by atoms with Gasteiger partial charge in [0.15, 0.2) is 0 Å². The third-order valence-corrected chi connectivity index (χ3v) is 8.88. The van der Waals surface area contributed by atoms with Crippen LogP contribution in [0.1, 0.15) is 68.3 Å². The molecule has 1 aliphatic rings. The summed E-state index contributed by atoms with van der Waals surface area (Å²) in [6.07, 6.45) is 12.8. The maximum absolute atomic E-state index is 12.0. The minimum Gasteiger partial charge on any atom is -0.491 e. The summed E-state index contributed by atoms with van der Waals surface area (Å²) in [7, 11) is 0. The van der Waals surface area contributed by atoms with E-state index in [0.29, 0.717) is 29.9 Å². The molecule has 0 aromatic heterocycles. The molecule has 3 atom stereocenters. The molecule has 0 spiro atoms. The van der Waals surface area contributed by atoms with Gasteiger partial charge in [-0.15, -0.1) is 0 Å². The number of amides is 2. The Morgan fingerprint density at radius 3 is 2.73 bits per heavy atom. The molecular weight excluding hydrogens is 542 g/mol. The van der Waals surface area contributed by atoms with E-state index in [2.05, 4.69) is 41.7 Å². The molecule has 0 saturated heterocycles. The number of nitrogens with zero attached hydrogens (tertiary/aromatic N) is 1. The molecule has 0 unspecified atom stereocenters. The van der Waals surface area contributed by atoms with E-state index in [4.69, 9.17) is 22.1 Å². The number of allylic oxidation sites excluding steroid dienone is 2. The monoisotopic (exact) mass is 585 g/mol. The number of hydrogen-bond donors (Lipinski definition) is 2. The minimum atomic E-state index is -0.424. The molecule has 3 N–H and O–H groups in total. The Morgan fingerprint density at radius 1 is 1.20 bits per heavy atom. The highest BCUT2D eigenvalue weighted by molar-refractivity contribution is 7.97. The van der Waals surface area contributed by atoms with Crippen molar-refractivity contribution in [2.24, 2.45) is 23.5 Å². The Morgan fingerprint density at radius 2 is 2.02 bits per heavy atom. The van der Waals surface area contributed by atoms with E-state index in [1.807, 2.05) is 30.3 Å². The number of nitrogens with two attached hydrogens (primary N) is 1. The van der Waals surface area contributed by atoms with Gasteiger partial charge in [0.05, 0.1) is 12.3 Å². The van der Waals surface area contributed by atoms with E-state index >= 15 is 0 Å². The molecule has 1 aliphatic carbocycles. The summed E-state index contributed by atoms with van der Waals surface area (Å²) in [5.74, 6) is 3.10. The standard InChI is InChI=1S/C32H44ClN3O3S/c1-3-36(21-28-15-14-26(28)12-5-4-9-24(2)22-40-35-23-37)30-20-27(32(34)38)16-17-31(30)39-18-7-6-10-25-11-8-13-29(33)19-25/h4-5,8,11,13,16-17,19-20,23-24,26,28H,3,6-7,9-10,12,14-15,18,21-22H2,1-2H3,(H2,34,38)(H,35,37)/b5-4+/t24-,26+,28-/m0/s1. The molecule has 3 rings (SSSR count). The molecule has 1 saturated carbocycles. The minimum absolute atomic E-state index is 0.424. The van der Waals surface area contributed by atoms with Gasteiger partial charge in [-0.2, -0.15) is 0 Å². The summed E-state index contributed by atoms with van der Waals surface area (Å²) in [6.45, 7) is 6.73. The maximum Gasteiger partial charge on any atom is 0.248 e. The van der Waals surface area contributed by atoms with Gasteiger partial charge in [-0.1, -0.05) is 54.8 Å². The van der Waals surface area contributed by atoms with Crippen molar-refractivity contribution in [1.82, 2.24) is 4.72 Å². The Kier molecular flexibility index (Phi) is 13.7. The normalized spacial score (nSPS) is 17.3. The number of nitrogens with one attached hydrogen (secondary N) is 1. The third kappa shape index (κ3) is 10.4. The number of unbranched alkanes of at least 4 members (excludes halogenated alkanes) is 1. The van der Waals surface area contributed by atoms with Gasteiger partial charge in [0, 0.05) is 29.4 Å². The van der Waals surface area contributed by atoms with E-state index in [-0.39, 0.29) is 0 Å². The van der Waals surface area contributed by atoms with Gasteiger partial charge in [0.1, 0.15) is 5.75 Å². The number of rotatable bonds is 19. The fourth-order valence-electron chi connectivity index (χ4n) is 5.11. The van der Waals surface area contributed by atoms with Crippen molar-refractivity contribution >= 4 is 41.6 Å². The predicted molar refractivity (Wildman–Crippen MR) is 168 cm³/mol. The van der Waals surface area contributed by atoms with Crippen LogP contribution in [0.5, 0.6) is 5.75 Å². The number of benzene rings is 2. The molecule has 2 amide bonds. The second-order valence-corrected chi connectivity index (χ2v) is 12.0. The van der Waals surface area contributed by atoms with Crippen molar-refractivity contribution in [3.05, 3.63) is 70.8 Å². The van der Waals surface area contributed by atoms with Gasteiger partial charge in [0.2, 0.25) is 12.3 Å². The first-order valence-corrected chi connectivity index (χ1v) is 15.8. The van der Waals surface area contributed by atoms with Gasteiger partial charge in [-0.3, -0.25) is 9.59 Å². The lowest BCUT2D eigenvalue weighted by Crippen LogP contribution is -2.38. The second-order valence-electron chi connectivity index (χ2n) is 10.7. The third-order valence-electron chi connectivity index (χ3n) is 7.65. The van der Waals surface area contributed by atoms with E-state index in [9.17, 15) is 9.59 Å². The highest BCUT2D eigenvalue weighted by Gasteiger charge is 2.31. The van der Waals surface area contributed by atoms with Crippen molar-refractivity contribution < 1.29 is 14.3 Å². The van der Waals surface area contributed by atoms with Crippen LogP contribution in [-0.4, -0.2) is 37.8 Å². The number of aryl methyl sites for hydroxylation is 1. The fraction of sp³-hybridized carbons (Fsp3) is 0.500. The molecular formula is C32H44ClN3O3S. The van der Waals surface area contributed by atoms with Crippen LogP contribution >= 0.6 is 23.5 Å². The molecule has 1 fully saturated rings. The van der Waals surface area contributed by atoms with E-state index in [1.165, 1.54) is 30.4 Å². The molecule has 40 heavy (non-hydrogen) atoms. The predicted octanol–water partition coefficient (Wildman–Crippen LogP) is 7.06. The largest absolute Gasteiger partial charge is 0.491 e. The lowest BCUT2D eigenvalue weighted by molar-refractivity contribution is -0.107. The first kappa shape index (κ1) is 31.9. The Balaban J connectivity index is 1.54. The summed E-state index contributed by atoms with van der Waals surface area (Å²) in [6, 6.07) is 13.5. The Labute approximate surface area is 249 Å². The van der Waals surface area contributed by atoms with Crippen LogP contribution < -0.4 is 20.1 Å². The van der Waals surface area contributed by atoms with Crippen molar-refractivity contribution in [3.63, 3.8) is 0 Å². The second kappa shape index (κ2) is 17.2. The quantitative estimate of drug-likeness (QED) is 0.0798. The van der Waals surface area contributed by atoms with Crippen molar-refractivity contribution in [1.29, 1.82) is 0 Å². The number of hydrogen-bond acceptors (Lipinski definition) is 5. The lowest BCUT2D eigenvalue weighted by atomic mass is 9.71. The molecule has 0 heterocycles. The number of carbonyl (C=O) groups is 2. The summed E-state index contributed by atoms with van der Waals surface area (Å²) < 4.78 is 8.91. The van der Waals surface area contributed by atoms with Gasteiger partial charge >= 0.3 is 0 Å². The topological polar surface area (TPSA) is 84.7 Å². The smallest absolute Gasteiger partial charge is 0.248 e. The average Bonchev–Trinajstić information content (AvgIpc) is 2.93. The molecule has 6 nitrogen and oxygen atoms in total. The highest BCUT2D eigenvalue weighted by Crippen LogP contribution is 2.40. The zero-order valence-electron chi connectivity index (χ0n) is 23.8.